The molecule has 6 heteroatoms. The Morgan fingerprint density at radius 2 is 1.62 bits per heavy atom. The number of nitrogen functional groups attached to an aromatic ring is 1. The first-order valence-electron chi connectivity index (χ1n) is 7.08. The van der Waals surface area contributed by atoms with Crippen molar-refractivity contribution in [2.45, 2.75) is 0 Å². The number of carbonyl (C=O) groups excluding carboxylic acids is 1. The number of hydrogen-bond acceptors (Lipinski definition) is 5. The van der Waals surface area contributed by atoms with Crippen LogP contribution in [0.3, 0.4) is 0 Å². The quantitative estimate of drug-likeness (QED) is 0.597. The van der Waals surface area contributed by atoms with Gasteiger partial charge in [0, 0.05) is 9.35 Å². The summed E-state index contributed by atoms with van der Waals surface area (Å²) in [5.74, 6) is 1.08. The summed E-state index contributed by atoms with van der Waals surface area (Å²) in [6.45, 7) is 0. The highest BCUT2D eigenvalue weighted by Gasteiger charge is 2.15. The second-order valence-electron chi connectivity index (χ2n) is 4.97. The van der Waals surface area contributed by atoms with E-state index in [9.17, 15) is 4.79 Å². The van der Waals surface area contributed by atoms with Crippen LogP contribution in [0.2, 0.25) is 0 Å². The van der Waals surface area contributed by atoms with Crippen molar-refractivity contribution in [3.8, 4) is 21.9 Å². The summed E-state index contributed by atoms with van der Waals surface area (Å²) in [5.41, 5.74) is 7.27. The van der Waals surface area contributed by atoms with E-state index in [-0.39, 0.29) is 0 Å². The van der Waals surface area contributed by atoms with Crippen LogP contribution in [0.15, 0.2) is 59.1 Å². The number of thiophene rings is 1. The van der Waals surface area contributed by atoms with Gasteiger partial charge in [-0.1, -0.05) is 15.9 Å². The third-order valence-corrected chi connectivity index (χ3v) is 5.03. The van der Waals surface area contributed by atoms with Crippen molar-refractivity contribution in [1.82, 2.24) is 0 Å². The van der Waals surface area contributed by atoms with Gasteiger partial charge in [-0.15, -0.1) is 11.3 Å². The summed E-state index contributed by atoms with van der Waals surface area (Å²) in [6, 6.07) is 17.0. The zero-order valence-electron chi connectivity index (χ0n) is 12.8. The first-order valence-corrected chi connectivity index (χ1v) is 8.69. The molecule has 0 saturated heterocycles. The molecule has 2 N–H and O–H groups in total. The van der Waals surface area contributed by atoms with Crippen LogP contribution in [0.5, 0.6) is 11.5 Å². The minimum atomic E-state index is -0.418. The van der Waals surface area contributed by atoms with Gasteiger partial charge in [-0.2, -0.15) is 0 Å². The van der Waals surface area contributed by atoms with Crippen LogP contribution in [0.25, 0.3) is 10.4 Å². The Labute approximate surface area is 152 Å². The van der Waals surface area contributed by atoms with Gasteiger partial charge in [0.2, 0.25) is 0 Å². The molecule has 0 saturated carbocycles. The highest BCUT2D eigenvalue weighted by Crippen LogP contribution is 2.35. The molecule has 0 spiro atoms. The number of benzene rings is 2. The summed E-state index contributed by atoms with van der Waals surface area (Å²) in [7, 11) is 1.34. The van der Waals surface area contributed by atoms with Gasteiger partial charge < -0.3 is 15.2 Å². The Bertz CT molecular complexity index is 857. The van der Waals surface area contributed by atoms with Gasteiger partial charge in [-0.05, 0) is 60.2 Å². The number of anilines is 1. The van der Waals surface area contributed by atoms with E-state index in [1.54, 1.807) is 6.07 Å². The Morgan fingerprint density at radius 3 is 2.21 bits per heavy atom. The summed E-state index contributed by atoms with van der Waals surface area (Å²) in [5, 5.41) is 0. The molecule has 1 aromatic heterocycles. The van der Waals surface area contributed by atoms with Gasteiger partial charge in [0.25, 0.3) is 0 Å². The summed E-state index contributed by atoms with van der Waals surface area (Å²) < 4.78 is 11.5. The zero-order valence-corrected chi connectivity index (χ0v) is 15.2. The van der Waals surface area contributed by atoms with Gasteiger partial charge in [0.05, 0.1) is 12.8 Å². The Balaban J connectivity index is 1.79. The van der Waals surface area contributed by atoms with Crippen LogP contribution >= 0.6 is 27.3 Å². The van der Waals surface area contributed by atoms with E-state index in [0.29, 0.717) is 10.6 Å². The van der Waals surface area contributed by atoms with E-state index in [1.165, 1.54) is 18.4 Å². The standard InChI is InChI=1S/C18H14BrNO3S/c1-22-18(21)17-15(20)10-16(24-17)11-2-6-13(7-3-11)23-14-8-4-12(19)5-9-14/h2-10H,20H2,1H3. The SMILES string of the molecule is COC(=O)c1sc(-c2ccc(Oc3ccc(Br)cc3)cc2)cc1N. The monoisotopic (exact) mass is 403 g/mol. The molecule has 0 fully saturated rings. The summed E-state index contributed by atoms with van der Waals surface area (Å²) in [4.78, 5) is 13.0. The summed E-state index contributed by atoms with van der Waals surface area (Å²) in [6.07, 6.45) is 0. The fourth-order valence-corrected chi connectivity index (χ4v) is 3.39. The largest absolute Gasteiger partial charge is 0.465 e. The molecule has 0 aliphatic rings. The van der Waals surface area contributed by atoms with E-state index in [4.69, 9.17) is 15.2 Å². The van der Waals surface area contributed by atoms with Gasteiger partial charge in [0.15, 0.2) is 0 Å². The zero-order chi connectivity index (χ0) is 17.1. The lowest BCUT2D eigenvalue weighted by atomic mass is 10.2. The molecule has 0 unspecified atom stereocenters. The highest BCUT2D eigenvalue weighted by molar-refractivity contribution is 9.10. The molecular weight excluding hydrogens is 390 g/mol. The molecular formula is C18H14BrNO3S. The van der Waals surface area contributed by atoms with Gasteiger partial charge >= 0.3 is 5.97 Å². The molecule has 0 radical (unpaired) electrons. The van der Waals surface area contributed by atoms with Crippen LogP contribution in [-0.2, 0) is 4.74 Å². The molecule has 0 atom stereocenters. The molecule has 0 aliphatic carbocycles. The second kappa shape index (κ2) is 7.07. The van der Waals surface area contributed by atoms with E-state index >= 15 is 0 Å². The maximum Gasteiger partial charge on any atom is 0.350 e. The topological polar surface area (TPSA) is 61.5 Å². The predicted molar refractivity (Wildman–Crippen MR) is 99.7 cm³/mol. The summed E-state index contributed by atoms with van der Waals surface area (Å²) >= 11 is 4.70. The smallest absolute Gasteiger partial charge is 0.350 e. The van der Waals surface area contributed by atoms with E-state index in [2.05, 4.69) is 15.9 Å². The number of halogens is 1. The van der Waals surface area contributed by atoms with Crippen molar-refractivity contribution >= 4 is 38.9 Å². The maximum atomic E-state index is 11.6. The lowest BCUT2D eigenvalue weighted by molar-refractivity contribution is 0.0607. The molecule has 0 aliphatic heterocycles. The van der Waals surface area contributed by atoms with Gasteiger partial charge in [0.1, 0.15) is 16.4 Å². The number of carbonyl (C=O) groups is 1. The Morgan fingerprint density at radius 1 is 1.04 bits per heavy atom. The Kier molecular flexibility index (Phi) is 4.87. The Hall–Kier alpha value is -2.31. The minimum Gasteiger partial charge on any atom is -0.465 e. The number of methoxy groups -OCH3 is 1. The number of hydrogen-bond donors (Lipinski definition) is 1. The first kappa shape index (κ1) is 16.5. The molecule has 0 bridgehead atoms. The molecule has 122 valence electrons. The van der Waals surface area contributed by atoms with Crippen molar-refractivity contribution in [3.63, 3.8) is 0 Å². The maximum absolute atomic E-state index is 11.6. The van der Waals surface area contributed by atoms with Crippen LogP contribution in [0.4, 0.5) is 5.69 Å². The van der Waals surface area contributed by atoms with Crippen LogP contribution in [0, 0.1) is 0 Å². The number of ether oxygens (including phenoxy) is 2. The number of nitrogens with two attached hydrogens (primary N) is 1. The number of rotatable bonds is 4. The van der Waals surface area contributed by atoms with Crippen LogP contribution in [-0.4, -0.2) is 13.1 Å². The normalized spacial score (nSPS) is 10.4. The second-order valence-corrected chi connectivity index (χ2v) is 6.93. The van der Waals surface area contributed by atoms with Gasteiger partial charge in [-0.3, -0.25) is 0 Å². The van der Waals surface area contributed by atoms with Gasteiger partial charge in [-0.25, -0.2) is 4.79 Å². The fourth-order valence-electron chi connectivity index (χ4n) is 2.13. The fraction of sp³-hybridized carbons (Fsp3) is 0.0556. The predicted octanol–water partition coefficient (Wildman–Crippen LogP) is 5.34. The number of esters is 1. The van der Waals surface area contributed by atoms with Crippen molar-refractivity contribution in [2.24, 2.45) is 0 Å². The van der Waals surface area contributed by atoms with Crippen molar-refractivity contribution in [3.05, 3.63) is 63.9 Å². The lowest BCUT2D eigenvalue weighted by Crippen LogP contribution is -2.00. The highest BCUT2D eigenvalue weighted by atomic mass is 79.9. The first-order chi connectivity index (χ1) is 11.6. The molecule has 4 nitrogen and oxygen atoms in total. The van der Waals surface area contributed by atoms with E-state index in [0.717, 1.165) is 26.4 Å². The molecule has 3 rings (SSSR count). The lowest BCUT2D eigenvalue weighted by Gasteiger charge is -2.06. The van der Waals surface area contributed by atoms with E-state index in [1.807, 2.05) is 48.5 Å². The molecule has 2 aromatic carbocycles. The average Bonchev–Trinajstić information content (AvgIpc) is 2.99. The molecule has 0 amide bonds. The molecule has 1 heterocycles. The van der Waals surface area contributed by atoms with Crippen molar-refractivity contribution in [2.75, 3.05) is 12.8 Å². The average molecular weight is 404 g/mol. The van der Waals surface area contributed by atoms with Crippen molar-refractivity contribution in [1.29, 1.82) is 0 Å². The third-order valence-electron chi connectivity index (χ3n) is 3.32. The molecule has 24 heavy (non-hydrogen) atoms. The van der Waals surface area contributed by atoms with E-state index < -0.39 is 5.97 Å². The molecule has 3 aromatic rings. The van der Waals surface area contributed by atoms with Crippen LogP contribution < -0.4 is 10.5 Å². The minimum absolute atomic E-state index is 0.418. The third kappa shape index (κ3) is 3.60. The van der Waals surface area contributed by atoms with Crippen molar-refractivity contribution < 1.29 is 14.3 Å². The van der Waals surface area contributed by atoms with Crippen LogP contribution in [0.1, 0.15) is 9.67 Å².